The topological polar surface area (TPSA) is 92.7 Å². The molecule has 1 aliphatic carbocycles. The van der Waals surface area contributed by atoms with Crippen molar-refractivity contribution in [2.45, 2.75) is 26.7 Å². The molecule has 0 bridgehead atoms. The highest BCUT2D eigenvalue weighted by atomic mass is 32.1. The Morgan fingerprint density at radius 1 is 1.14 bits per heavy atom. The van der Waals surface area contributed by atoms with E-state index >= 15 is 0 Å². The van der Waals surface area contributed by atoms with Gasteiger partial charge in [-0.25, -0.2) is 4.79 Å². The van der Waals surface area contributed by atoms with Crippen molar-refractivity contribution in [1.82, 2.24) is 0 Å². The summed E-state index contributed by atoms with van der Waals surface area (Å²) in [4.78, 5) is 37.0. The predicted octanol–water partition coefficient (Wildman–Crippen LogP) is 4.51. The van der Waals surface area contributed by atoms with Gasteiger partial charge in [0.1, 0.15) is 10.6 Å². The number of benzene rings is 1. The van der Waals surface area contributed by atoms with E-state index in [0.717, 1.165) is 11.1 Å². The molecule has 1 amide bonds. The quantitative estimate of drug-likeness (QED) is 0.537. The third-order valence-electron chi connectivity index (χ3n) is 4.96. The number of hydrogen-bond donors (Lipinski definition) is 2. The summed E-state index contributed by atoms with van der Waals surface area (Å²) in [5.74, 6) is -3.37. The van der Waals surface area contributed by atoms with Crippen LogP contribution in [0.2, 0.25) is 0 Å². The first-order chi connectivity index (χ1) is 13.9. The monoisotopic (exact) mass is 413 g/mol. The minimum absolute atomic E-state index is 0.212. The molecular weight excluding hydrogens is 390 g/mol. The number of ether oxygens (including phenoxy) is 1. The lowest BCUT2D eigenvalue weighted by molar-refractivity contribution is -0.146. The number of allylic oxidation sites excluding steroid dienone is 2. The molecule has 1 aliphatic rings. The molecule has 0 unspecified atom stereocenters. The second-order valence-corrected chi connectivity index (χ2v) is 7.80. The van der Waals surface area contributed by atoms with Gasteiger partial charge in [-0.2, -0.15) is 0 Å². The highest BCUT2D eigenvalue weighted by molar-refractivity contribution is 7.15. The number of hydrogen-bond acceptors (Lipinski definition) is 5. The minimum Gasteiger partial charge on any atom is -0.481 e. The lowest BCUT2D eigenvalue weighted by Crippen LogP contribution is -2.34. The van der Waals surface area contributed by atoms with Gasteiger partial charge in [0.15, 0.2) is 0 Å². The summed E-state index contributed by atoms with van der Waals surface area (Å²) in [5.41, 5.74) is 2.93. The van der Waals surface area contributed by atoms with E-state index in [-0.39, 0.29) is 6.61 Å². The van der Waals surface area contributed by atoms with Gasteiger partial charge in [-0.1, -0.05) is 42.0 Å². The molecule has 0 spiro atoms. The fourth-order valence-electron chi connectivity index (χ4n) is 3.38. The maximum Gasteiger partial charge on any atom is 0.341 e. The molecule has 3 rings (SSSR count). The Bertz CT molecular complexity index is 945. The molecule has 0 radical (unpaired) electrons. The van der Waals surface area contributed by atoms with Crippen LogP contribution in [0.15, 0.2) is 41.8 Å². The Morgan fingerprint density at radius 3 is 2.41 bits per heavy atom. The summed E-state index contributed by atoms with van der Waals surface area (Å²) in [5, 5.41) is 14.4. The fraction of sp³-hybridized carbons (Fsp3) is 0.318. The molecule has 1 aromatic heterocycles. The number of nitrogens with one attached hydrogen (secondary N) is 1. The van der Waals surface area contributed by atoms with E-state index < -0.39 is 29.7 Å². The number of anilines is 1. The first kappa shape index (κ1) is 20.8. The number of carbonyl (C=O) groups is 3. The van der Waals surface area contributed by atoms with Crippen LogP contribution < -0.4 is 5.32 Å². The number of carboxylic acids is 1. The van der Waals surface area contributed by atoms with E-state index in [9.17, 15) is 19.5 Å². The van der Waals surface area contributed by atoms with Crippen molar-refractivity contribution >= 4 is 34.2 Å². The Morgan fingerprint density at radius 2 is 1.79 bits per heavy atom. The number of aryl methyl sites for hydroxylation is 1. The van der Waals surface area contributed by atoms with Gasteiger partial charge < -0.3 is 15.2 Å². The lowest BCUT2D eigenvalue weighted by Gasteiger charge is -2.24. The first-order valence-corrected chi connectivity index (χ1v) is 10.3. The van der Waals surface area contributed by atoms with Crippen LogP contribution in [0.4, 0.5) is 5.00 Å². The summed E-state index contributed by atoms with van der Waals surface area (Å²) in [6.07, 6.45) is 4.28. The molecule has 0 saturated carbocycles. The maximum atomic E-state index is 12.9. The minimum atomic E-state index is -0.994. The third-order valence-corrected chi connectivity index (χ3v) is 5.85. The number of carbonyl (C=O) groups excluding carboxylic acids is 2. The van der Waals surface area contributed by atoms with E-state index in [1.807, 2.05) is 42.6 Å². The molecular formula is C22H23NO5S. The number of rotatable bonds is 6. The van der Waals surface area contributed by atoms with Gasteiger partial charge in [0.2, 0.25) is 5.91 Å². The highest BCUT2D eigenvalue weighted by Gasteiger charge is 2.35. The average Bonchev–Trinajstić information content (AvgIpc) is 3.12. The van der Waals surface area contributed by atoms with E-state index in [4.69, 9.17) is 4.74 Å². The van der Waals surface area contributed by atoms with Crippen molar-refractivity contribution in [2.75, 3.05) is 11.9 Å². The summed E-state index contributed by atoms with van der Waals surface area (Å²) in [6.45, 7) is 3.91. The third kappa shape index (κ3) is 4.56. The average molecular weight is 413 g/mol. The molecule has 0 aliphatic heterocycles. The zero-order chi connectivity index (χ0) is 21.0. The van der Waals surface area contributed by atoms with Crippen molar-refractivity contribution in [3.05, 3.63) is 52.9 Å². The number of aliphatic carboxylic acids is 1. The van der Waals surface area contributed by atoms with Gasteiger partial charge in [0.05, 0.1) is 18.4 Å². The summed E-state index contributed by atoms with van der Waals surface area (Å²) < 4.78 is 5.21. The van der Waals surface area contributed by atoms with Crippen molar-refractivity contribution in [3.63, 3.8) is 0 Å². The second-order valence-electron chi connectivity index (χ2n) is 6.92. The normalized spacial score (nSPS) is 18.3. The van der Waals surface area contributed by atoms with Crippen LogP contribution in [-0.4, -0.2) is 29.6 Å². The van der Waals surface area contributed by atoms with E-state index in [1.165, 1.54) is 11.3 Å². The SMILES string of the molecule is CCOC(=O)c1c(-c2ccc(C)cc2)csc1NC(=O)[C@@H]1CC=CC[C@H]1C(=O)O. The van der Waals surface area contributed by atoms with E-state index in [1.54, 1.807) is 13.0 Å². The molecule has 2 atom stereocenters. The summed E-state index contributed by atoms with van der Waals surface area (Å²) in [7, 11) is 0. The van der Waals surface area contributed by atoms with Crippen LogP contribution in [0, 0.1) is 18.8 Å². The Kier molecular flexibility index (Phi) is 6.49. The number of esters is 1. The lowest BCUT2D eigenvalue weighted by atomic mass is 9.82. The van der Waals surface area contributed by atoms with Crippen molar-refractivity contribution in [1.29, 1.82) is 0 Å². The van der Waals surface area contributed by atoms with E-state index in [2.05, 4.69) is 5.32 Å². The zero-order valence-electron chi connectivity index (χ0n) is 16.3. The molecule has 152 valence electrons. The van der Waals surface area contributed by atoms with Crippen molar-refractivity contribution in [2.24, 2.45) is 11.8 Å². The number of carboxylic acid groups (broad SMARTS) is 1. The van der Waals surface area contributed by atoms with Crippen LogP contribution in [0.3, 0.4) is 0 Å². The largest absolute Gasteiger partial charge is 0.481 e. The molecule has 7 heteroatoms. The standard InChI is InChI=1S/C22H23NO5S/c1-3-28-22(27)18-17(14-10-8-13(2)9-11-14)12-29-20(18)23-19(24)15-6-4-5-7-16(15)21(25)26/h4-5,8-12,15-16H,3,6-7H2,1-2H3,(H,23,24)(H,25,26)/t15-,16-/m1/s1. The van der Waals surface area contributed by atoms with Crippen LogP contribution >= 0.6 is 11.3 Å². The molecule has 0 fully saturated rings. The van der Waals surface area contributed by atoms with Gasteiger partial charge in [0.25, 0.3) is 0 Å². The zero-order valence-corrected chi connectivity index (χ0v) is 17.1. The van der Waals surface area contributed by atoms with Crippen LogP contribution in [-0.2, 0) is 14.3 Å². The molecule has 2 aromatic rings. The van der Waals surface area contributed by atoms with Gasteiger partial charge in [-0.05, 0) is 32.3 Å². The second kappa shape index (κ2) is 9.05. The van der Waals surface area contributed by atoms with Gasteiger partial charge in [-0.3, -0.25) is 9.59 Å². The van der Waals surface area contributed by atoms with Crippen molar-refractivity contribution in [3.8, 4) is 11.1 Å². The Balaban J connectivity index is 1.93. The Labute approximate surface area is 173 Å². The number of amides is 1. The maximum absolute atomic E-state index is 12.9. The van der Waals surface area contributed by atoms with Crippen LogP contribution in [0.5, 0.6) is 0 Å². The molecule has 0 saturated heterocycles. The molecule has 2 N–H and O–H groups in total. The van der Waals surface area contributed by atoms with Gasteiger partial charge in [-0.15, -0.1) is 11.3 Å². The van der Waals surface area contributed by atoms with Gasteiger partial charge in [0, 0.05) is 10.9 Å². The molecule has 6 nitrogen and oxygen atoms in total. The van der Waals surface area contributed by atoms with Crippen molar-refractivity contribution < 1.29 is 24.2 Å². The highest BCUT2D eigenvalue weighted by Crippen LogP contribution is 2.37. The summed E-state index contributed by atoms with van der Waals surface area (Å²) >= 11 is 1.23. The number of thiophene rings is 1. The predicted molar refractivity (Wildman–Crippen MR) is 112 cm³/mol. The van der Waals surface area contributed by atoms with Crippen LogP contribution in [0.25, 0.3) is 11.1 Å². The molecule has 1 heterocycles. The summed E-state index contributed by atoms with van der Waals surface area (Å²) in [6, 6.07) is 7.73. The smallest absolute Gasteiger partial charge is 0.341 e. The Hall–Kier alpha value is -2.93. The molecule has 29 heavy (non-hydrogen) atoms. The van der Waals surface area contributed by atoms with E-state index in [0.29, 0.717) is 29.0 Å². The first-order valence-electron chi connectivity index (χ1n) is 9.46. The van der Waals surface area contributed by atoms with Gasteiger partial charge >= 0.3 is 11.9 Å². The fourth-order valence-corrected chi connectivity index (χ4v) is 4.34. The molecule has 1 aromatic carbocycles. The van der Waals surface area contributed by atoms with Crippen LogP contribution in [0.1, 0.15) is 35.7 Å².